The number of halogens is 2. The molecule has 0 radical (unpaired) electrons. The molecule has 7 heteroatoms. The van der Waals surface area contributed by atoms with Gasteiger partial charge in [0.2, 0.25) is 5.76 Å². The lowest BCUT2D eigenvalue weighted by molar-refractivity contribution is -0.575. The molecule has 1 aromatic heterocycles. The Labute approximate surface area is 204 Å². The smallest absolute Gasteiger partial charge is 0.288 e. The second kappa shape index (κ2) is 9.90. The Morgan fingerprint density at radius 3 is 2.19 bits per heavy atom. The van der Waals surface area contributed by atoms with Crippen LogP contribution >= 0.6 is 35.4 Å². The minimum Gasteiger partial charge on any atom is -0.502 e. The molecule has 1 heterocycles. The molecular weight excluding hydrogens is 463 g/mol. The van der Waals surface area contributed by atoms with E-state index in [4.69, 9.17) is 40.2 Å². The fraction of sp³-hybridized carbons (Fsp3) is 0.200. The maximum atomic E-state index is 11.3. The maximum Gasteiger partial charge on any atom is 0.288 e. The number of aliphatic hydroxyl groups is 1. The van der Waals surface area contributed by atoms with Crippen LogP contribution in [0.1, 0.15) is 31.9 Å². The summed E-state index contributed by atoms with van der Waals surface area (Å²) < 4.78 is 6.97. The second-order valence-electron chi connectivity index (χ2n) is 8.25. The van der Waals surface area contributed by atoms with Gasteiger partial charge in [-0.15, -0.1) is 0 Å². The lowest BCUT2D eigenvalue weighted by Crippen LogP contribution is -2.39. The minimum atomic E-state index is -0.0861. The van der Waals surface area contributed by atoms with Crippen LogP contribution in [0.25, 0.3) is 11.5 Å². The number of ether oxygens (including phenoxy) is 1. The Balaban J connectivity index is 2.09. The zero-order chi connectivity index (χ0) is 23.5. The van der Waals surface area contributed by atoms with E-state index in [2.05, 4.69) is 26.1 Å². The standard InChI is InChI=1S/C25H24Cl2N2O2S/c1-25(2,3)16-11-13-29(14-12-16)22(23(30)20-15-17(26)5-10-21(20)27)24(32)28-18-6-8-19(31-4)9-7-18/h5-15H,1-4H3,(H-,28,30,32)/p+1. The Bertz CT molecular complexity index is 1150. The van der Waals surface area contributed by atoms with Crippen LogP contribution in [-0.2, 0) is 5.41 Å². The Morgan fingerprint density at radius 2 is 1.62 bits per heavy atom. The molecule has 0 aliphatic heterocycles. The average Bonchev–Trinajstić information content (AvgIpc) is 2.75. The molecule has 2 N–H and O–H groups in total. The molecule has 0 amide bonds. The molecule has 0 unspecified atom stereocenters. The summed E-state index contributed by atoms with van der Waals surface area (Å²) in [5.41, 5.74) is 2.66. The lowest BCUT2D eigenvalue weighted by Gasteiger charge is -2.18. The zero-order valence-corrected chi connectivity index (χ0v) is 20.6. The molecule has 0 spiro atoms. The summed E-state index contributed by atoms with van der Waals surface area (Å²) in [5, 5.41) is 15.3. The van der Waals surface area contributed by atoms with Crippen molar-refractivity contribution in [3.63, 3.8) is 0 Å². The summed E-state index contributed by atoms with van der Waals surface area (Å²) in [6.45, 7) is 6.42. The molecule has 0 aliphatic rings. The molecule has 32 heavy (non-hydrogen) atoms. The molecule has 0 bridgehead atoms. The predicted molar refractivity (Wildman–Crippen MR) is 137 cm³/mol. The van der Waals surface area contributed by atoms with Crippen molar-refractivity contribution in [1.82, 2.24) is 0 Å². The number of benzene rings is 2. The van der Waals surface area contributed by atoms with Crippen LogP contribution in [0.3, 0.4) is 0 Å². The molecule has 0 saturated heterocycles. The van der Waals surface area contributed by atoms with Crippen LogP contribution in [0.2, 0.25) is 10.0 Å². The number of aliphatic hydroxyl groups excluding tert-OH is 1. The van der Waals surface area contributed by atoms with Crippen molar-refractivity contribution in [3.8, 4) is 5.75 Å². The van der Waals surface area contributed by atoms with Gasteiger partial charge in [0.25, 0.3) is 5.70 Å². The molecule has 3 aromatic rings. The first-order valence-corrected chi connectivity index (χ1v) is 11.1. The van der Waals surface area contributed by atoms with Gasteiger partial charge in [-0.25, -0.2) is 0 Å². The number of nitrogens with one attached hydrogen (secondary N) is 1. The fourth-order valence-electron chi connectivity index (χ4n) is 3.09. The molecule has 0 saturated carbocycles. The monoisotopic (exact) mass is 487 g/mol. The van der Waals surface area contributed by atoms with E-state index in [1.54, 1.807) is 29.9 Å². The highest BCUT2D eigenvalue weighted by Crippen LogP contribution is 2.29. The maximum absolute atomic E-state index is 11.3. The first-order chi connectivity index (χ1) is 15.1. The van der Waals surface area contributed by atoms with Gasteiger partial charge in [-0.05, 0) is 53.4 Å². The van der Waals surface area contributed by atoms with Crippen molar-refractivity contribution in [2.45, 2.75) is 26.2 Å². The largest absolute Gasteiger partial charge is 0.502 e. The first kappa shape index (κ1) is 24.1. The van der Waals surface area contributed by atoms with E-state index >= 15 is 0 Å². The number of pyridine rings is 1. The van der Waals surface area contributed by atoms with Gasteiger partial charge in [-0.2, -0.15) is 4.57 Å². The van der Waals surface area contributed by atoms with Gasteiger partial charge in [0.05, 0.1) is 12.1 Å². The SMILES string of the molecule is COc1ccc(NC(=S)/C(=C(/O)c2cc(Cl)ccc2Cl)[n+]2ccc(C(C)(C)C)cc2)cc1. The third-order valence-electron chi connectivity index (χ3n) is 4.92. The highest BCUT2D eigenvalue weighted by atomic mass is 35.5. The quantitative estimate of drug-likeness (QED) is 0.177. The molecular formula is C25H25Cl2N2O2S+. The van der Waals surface area contributed by atoms with Gasteiger partial charge < -0.3 is 15.2 Å². The van der Waals surface area contributed by atoms with E-state index in [0.29, 0.717) is 26.3 Å². The van der Waals surface area contributed by atoms with E-state index in [1.165, 1.54) is 0 Å². The number of rotatable bonds is 5. The summed E-state index contributed by atoms with van der Waals surface area (Å²) in [5.74, 6) is 0.648. The average molecular weight is 488 g/mol. The second-order valence-corrected chi connectivity index (χ2v) is 9.50. The molecule has 3 rings (SSSR count). The highest BCUT2D eigenvalue weighted by Gasteiger charge is 2.26. The lowest BCUT2D eigenvalue weighted by atomic mass is 9.88. The zero-order valence-electron chi connectivity index (χ0n) is 18.3. The normalized spacial score (nSPS) is 12.2. The number of aromatic nitrogens is 1. The number of methoxy groups -OCH3 is 1. The Kier molecular flexibility index (Phi) is 7.44. The van der Waals surface area contributed by atoms with Gasteiger partial charge in [-0.3, -0.25) is 0 Å². The van der Waals surface area contributed by atoms with Gasteiger partial charge in [-0.1, -0.05) is 56.2 Å². The van der Waals surface area contributed by atoms with E-state index in [9.17, 15) is 5.11 Å². The summed E-state index contributed by atoms with van der Waals surface area (Å²) >= 11 is 18.2. The highest BCUT2D eigenvalue weighted by molar-refractivity contribution is 7.81. The third-order valence-corrected chi connectivity index (χ3v) is 5.78. The van der Waals surface area contributed by atoms with Crippen LogP contribution in [0.5, 0.6) is 5.75 Å². The van der Waals surface area contributed by atoms with Gasteiger partial charge in [0.15, 0.2) is 17.4 Å². The van der Waals surface area contributed by atoms with E-state index in [0.717, 1.165) is 17.0 Å². The van der Waals surface area contributed by atoms with Crippen molar-refractivity contribution < 1.29 is 14.4 Å². The topological polar surface area (TPSA) is 45.4 Å². The molecule has 0 atom stereocenters. The van der Waals surface area contributed by atoms with Gasteiger partial charge >= 0.3 is 0 Å². The third kappa shape index (κ3) is 5.60. The number of hydrogen-bond acceptors (Lipinski definition) is 3. The number of anilines is 1. The molecule has 166 valence electrons. The number of thiocarbonyl (C=S) groups is 1. The Hall–Kier alpha value is -2.60. The van der Waals surface area contributed by atoms with Gasteiger partial charge in [0, 0.05) is 28.4 Å². The van der Waals surface area contributed by atoms with Crippen LogP contribution in [0, 0.1) is 0 Å². The Morgan fingerprint density at radius 1 is 1.00 bits per heavy atom. The van der Waals surface area contributed by atoms with Crippen LogP contribution in [0.15, 0.2) is 67.0 Å². The number of nitrogens with zero attached hydrogens (tertiary/aromatic N) is 1. The minimum absolute atomic E-state index is 0.0108. The summed E-state index contributed by atoms with van der Waals surface area (Å²) in [6.07, 6.45) is 3.74. The van der Waals surface area contributed by atoms with Gasteiger partial charge in [0.1, 0.15) is 5.75 Å². The molecule has 4 nitrogen and oxygen atoms in total. The molecule has 2 aromatic carbocycles. The molecule has 0 fully saturated rings. The van der Waals surface area contributed by atoms with Crippen LogP contribution in [0.4, 0.5) is 5.69 Å². The van der Waals surface area contributed by atoms with E-state index < -0.39 is 0 Å². The molecule has 0 aliphatic carbocycles. The van der Waals surface area contributed by atoms with Crippen molar-refractivity contribution >= 4 is 57.6 Å². The fourth-order valence-corrected chi connectivity index (χ4v) is 3.79. The van der Waals surface area contributed by atoms with E-state index in [-0.39, 0.29) is 11.2 Å². The first-order valence-electron chi connectivity index (χ1n) is 9.96. The van der Waals surface area contributed by atoms with Crippen LogP contribution in [-0.4, -0.2) is 17.2 Å². The van der Waals surface area contributed by atoms with Crippen LogP contribution < -0.4 is 14.6 Å². The summed E-state index contributed by atoms with van der Waals surface area (Å²) in [6, 6.07) is 16.3. The predicted octanol–water partition coefficient (Wildman–Crippen LogP) is 6.91. The number of hydrogen-bond donors (Lipinski definition) is 2. The van der Waals surface area contributed by atoms with Crippen molar-refractivity contribution in [2.24, 2.45) is 0 Å². The van der Waals surface area contributed by atoms with Crippen molar-refractivity contribution in [3.05, 3.63) is 88.2 Å². The van der Waals surface area contributed by atoms with Crippen molar-refractivity contribution in [2.75, 3.05) is 12.4 Å². The summed E-state index contributed by atoms with van der Waals surface area (Å²) in [4.78, 5) is 0.317. The summed E-state index contributed by atoms with van der Waals surface area (Å²) in [7, 11) is 1.61. The van der Waals surface area contributed by atoms with E-state index in [1.807, 2.05) is 48.8 Å². The van der Waals surface area contributed by atoms with Crippen molar-refractivity contribution in [1.29, 1.82) is 0 Å².